The number of rotatable bonds is 4. The highest BCUT2D eigenvalue weighted by molar-refractivity contribution is 7.14. The van der Waals surface area contributed by atoms with Gasteiger partial charge in [-0.1, -0.05) is 5.21 Å². The van der Waals surface area contributed by atoms with Crippen LogP contribution >= 0.6 is 11.3 Å². The third-order valence-electron chi connectivity index (χ3n) is 3.27. The molecule has 0 aliphatic carbocycles. The maximum absolute atomic E-state index is 13.3. The number of carbonyl (C=O) groups is 1. The lowest BCUT2D eigenvalue weighted by Gasteiger charge is -2.04. The Morgan fingerprint density at radius 3 is 2.92 bits per heavy atom. The quantitative estimate of drug-likeness (QED) is 0.586. The molecule has 1 amide bonds. The molecule has 0 radical (unpaired) electrons. The van der Waals surface area contributed by atoms with Crippen LogP contribution in [0.15, 0.2) is 48.5 Å². The first-order valence-electron chi connectivity index (χ1n) is 7.26. The van der Waals surface area contributed by atoms with E-state index in [0.717, 1.165) is 0 Å². The average Bonchev–Trinajstić information content (AvgIpc) is 3.32. The van der Waals surface area contributed by atoms with Gasteiger partial charge in [0.05, 0.1) is 11.9 Å². The first-order valence-corrected chi connectivity index (χ1v) is 8.14. The third-order valence-corrected chi connectivity index (χ3v) is 4.03. The summed E-state index contributed by atoms with van der Waals surface area (Å²) in [5.74, 6) is -0.457. The lowest BCUT2D eigenvalue weighted by molar-refractivity contribution is 0.101. The Kier molecular flexibility index (Phi) is 4.11. The minimum atomic E-state index is -0.457. The minimum Gasteiger partial charge on any atom is -0.296 e. The maximum atomic E-state index is 13.3. The van der Waals surface area contributed by atoms with Gasteiger partial charge in [-0.3, -0.25) is 15.1 Å². The van der Waals surface area contributed by atoms with Crippen molar-refractivity contribution in [1.82, 2.24) is 34.9 Å². The van der Waals surface area contributed by atoms with Gasteiger partial charge in [0, 0.05) is 29.9 Å². The van der Waals surface area contributed by atoms with Gasteiger partial charge >= 0.3 is 0 Å². The highest BCUT2D eigenvalue weighted by Crippen LogP contribution is 2.24. The number of carbonyl (C=O) groups excluding carboxylic acids is 1. The van der Waals surface area contributed by atoms with E-state index in [0.29, 0.717) is 22.3 Å². The van der Waals surface area contributed by atoms with Crippen molar-refractivity contribution in [3.8, 4) is 17.2 Å². The fraction of sp³-hybridized carbons (Fsp3) is 0. The monoisotopic (exact) mass is 368 g/mol. The zero-order valence-corrected chi connectivity index (χ0v) is 13.8. The van der Waals surface area contributed by atoms with Crippen molar-refractivity contribution < 1.29 is 9.18 Å². The van der Waals surface area contributed by atoms with E-state index >= 15 is 0 Å². The van der Waals surface area contributed by atoms with E-state index < -0.39 is 11.7 Å². The molecule has 0 aliphatic rings. The summed E-state index contributed by atoms with van der Waals surface area (Å²) in [6.45, 7) is 0. The van der Waals surface area contributed by atoms with Crippen molar-refractivity contribution in [3.63, 3.8) is 0 Å². The van der Waals surface area contributed by atoms with Crippen molar-refractivity contribution in [1.29, 1.82) is 0 Å². The molecule has 0 saturated heterocycles. The van der Waals surface area contributed by atoms with Crippen LogP contribution in [0.2, 0.25) is 0 Å². The molecular formula is C15H9FN8OS. The van der Waals surface area contributed by atoms with Crippen LogP contribution in [0.25, 0.3) is 17.2 Å². The van der Waals surface area contributed by atoms with E-state index in [-0.39, 0.29) is 5.69 Å². The Balaban J connectivity index is 1.56. The SMILES string of the molecule is O=C(Nc1nc(-c2cc(F)ccn2)cs1)c1cnnn1-c1ccncn1. The summed E-state index contributed by atoms with van der Waals surface area (Å²) in [5.41, 5.74) is 1.03. The first-order chi connectivity index (χ1) is 12.7. The largest absolute Gasteiger partial charge is 0.296 e. The Morgan fingerprint density at radius 2 is 2.12 bits per heavy atom. The van der Waals surface area contributed by atoms with Crippen molar-refractivity contribution in [2.24, 2.45) is 0 Å². The van der Waals surface area contributed by atoms with E-state index in [9.17, 15) is 9.18 Å². The second-order valence-electron chi connectivity index (χ2n) is 4.95. The number of pyridine rings is 1. The van der Waals surface area contributed by atoms with Crippen LogP contribution in [-0.2, 0) is 0 Å². The molecule has 0 unspecified atom stereocenters. The number of hydrogen-bond acceptors (Lipinski definition) is 8. The molecule has 0 spiro atoms. The molecule has 0 bridgehead atoms. The van der Waals surface area contributed by atoms with Gasteiger partial charge in [-0.15, -0.1) is 16.4 Å². The summed E-state index contributed by atoms with van der Waals surface area (Å²) in [4.78, 5) is 28.7. The summed E-state index contributed by atoms with van der Waals surface area (Å²) in [5, 5.41) is 12.3. The second kappa shape index (κ2) is 6.72. The Hall–Kier alpha value is -3.60. The number of thiazole rings is 1. The topological polar surface area (TPSA) is 111 Å². The van der Waals surface area contributed by atoms with Gasteiger partial charge in [-0.2, -0.15) is 4.68 Å². The predicted molar refractivity (Wildman–Crippen MR) is 90.2 cm³/mol. The van der Waals surface area contributed by atoms with Gasteiger partial charge in [0.15, 0.2) is 16.6 Å². The number of hydrogen-bond donors (Lipinski definition) is 1. The Morgan fingerprint density at radius 1 is 1.19 bits per heavy atom. The van der Waals surface area contributed by atoms with Crippen molar-refractivity contribution in [2.45, 2.75) is 0 Å². The van der Waals surface area contributed by atoms with E-state index in [1.807, 2.05) is 0 Å². The Labute approximate surface area is 149 Å². The average molecular weight is 368 g/mol. The summed E-state index contributed by atoms with van der Waals surface area (Å²) in [7, 11) is 0. The lowest BCUT2D eigenvalue weighted by Crippen LogP contribution is -2.17. The summed E-state index contributed by atoms with van der Waals surface area (Å²) >= 11 is 1.20. The van der Waals surface area contributed by atoms with Gasteiger partial charge in [0.2, 0.25) is 0 Å². The molecule has 4 rings (SSSR count). The molecule has 0 saturated carbocycles. The number of anilines is 1. The van der Waals surface area contributed by atoms with E-state index in [1.54, 1.807) is 11.4 Å². The Bertz CT molecular complexity index is 1060. The number of nitrogens with zero attached hydrogens (tertiary/aromatic N) is 7. The molecule has 26 heavy (non-hydrogen) atoms. The van der Waals surface area contributed by atoms with Gasteiger partial charge < -0.3 is 0 Å². The summed E-state index contributed by atoms with van der Waals surface area (Å²) in [6, 6.07) is 4.12. The van der Waals surface area contributed by atoms with E-state index in [1.165, 1.54) is 53.1 Å². The van der Waals surface area contributed by atoms with Crippen LogP contribution in [-0.4, -0.2) is 40.8 Å². The minimum absolute atomic E-state index is 0.185. The molecule has 0 atom stereocenters. The number of nitrogens with one attached hydrogen (secondary N) is 1. The van der Waals surface area contributed by atoms with Gasteiger partial charge in [-0.05, 0) is 6.07 Å². The molecule has 11 heteroatoms. The number of aromatic nitrogens is 7. The van der Waals surface area contributed by atoms with Gasteiger partial charge in [0.25, 0.3) is 5.91 Å². The van der Waals surface area contributed by atoms with Crippen molar-refractivity contribution in [2.75, 3.05) is 5.32 Å². The molecule has 4 aromatic heterocycles. The second-order valence-corrected chi connectivity index (χ2v) is 5.81. The molecular weight excluding hydrogens is 359 g/mol. The molecule has 1 N–H and O–H groups in total. The standard InChI is InChI=1S/C15H9FN8OS/c16-9-1-4-18-10(5-9)11-7-26-15(21-11)22-14(25)12-6-20-23-24(12)13-2-3-17-8-19-13/h1-8H,(H,21,22,25). The highest BCUT2D eigenvalue weighted by Gasteiger charge is 2.17. The normalized spacial score (nSPS) is 10.7. The zero-order chi connectivity index (χ0) is 17.9. The first kappa shape index (κ1) is 15.9. The van der Waals surface area contributed by atoms with Crippen LogP contribution in [0.5, 0.6) is 0 Å². The van der Waals surface area contributed by atoms with Gasteiger partial charge in [0.1, 0.15) is 17.8 Å². The fourth-order valence-electron chi connectivity index (χ4n) is 2.12. The molecule has 9 nitrogen and oxygen atoms in total. The lowest BCUT2D eigenvalue weighted by atomic mass is 10.3. The van der Waals surface area contributed by atoms with Crippen LogP contribution in [0.1, 0.15) is 10.5 Å². The molecule has 4 heterocycles. The van der Waals surface area contributed by atoms with Gasteiger partial charge in [-0.25, -0.2) is 19.3 Å². The fourth-order valence-corrected chi connectivity index (χ4v) is 2.82. The molecule has 128 valence electrons. The maximum Gasteiger partial charge on any atom is 0.277 e. The highest BCUT2D eigenvalue weighted by atomic mass is 32.1. The van der Waals surface area contributed by atoms with Crippen LogP contribution in [0, 0.1) is 5.82 Å². The number of amides is 1. The van der Waals surface area contributed by atoms with Crippen molar-refractivity contribution in [3.05, 3.63) is 60.0 Å². The van der Waals surface area contributed by atoms with E-state index in [2.05, 4.69) is 35.6 Å². The summed E-state index contributed by atoms with van der Waals surface area (Å²) < 4.78 is 14.6. The predicted octanol–water partition coefficient (Wildman–Crippen LogP) is 1.97. The van der Waals surface area contributed by atoms with Crippen LogP contribution in [0.4, 0.5) is 9.52 Å². The molecule has 0 fully saturated rings. The molecule has 4 aromatic rings. The molecule has 0 aromatic carbocycles. The smallest absolute Gasteiger partial charge is 0.277 e. The van der Waals surface area contributed by atoms with Crippen molar-refractivity contribution >= 4 is 22.4 Å². The summed E-state index contributed by atoms with van der Waals surface area (Å²) in [6.07, 6.45) is 5.55. The van der Waals surface area contributed by atoms with E-state index in [4.69, 9.17) is 0 Å². The third kappa shape index (κ3) is 3.15. The van der Waals surface area contributed by atoms with Crippen LogP contribution in [0.3, 0.4) is 0 Å². The van der Waals surface area contributed by atoms with Crippen LogP contribution < -0.4 is 5.32 Å². The zero-order valence-electron chi connectivity index (χ0n) is 12.9. The number of halogens is 1. The molecule has 0 aliphatic heterocycles.